The van der Waals surface area contributed by atoms with E-state index >= 15 is 0 Å². The molecule has 0 radical (unpaired) electrons. The van der Waals surface area contributed by atoms with Gasteiger partial charge in [-0.15, -0.1) is 23.2 Å². The van der Waals surface area contributed by atoms with Crippen LogP contribution in [0, 0.1) is 0 Å². The van der Waals surface area contributed by atoms with Gasteiger partial charge in [0.25, 0.3) is 11.8 Å². The Morgan fingerprint density at radius 3 is 1.74 bits per heavy atom. The Kier molecular flexibility index (Phi) is 23.5. The molecule has 2 unspecified atom stereocenters. The minimum Gasteiger partial charge on any atom is -0.507 e. The summed E-state index contributed by atoms with van der Waals surface area (Å²) in [7, 11) is 3.08. The molecule has 8 aromatic rings. The number of phenolic OH excluding ortho intramolecular Hbond substituents is 2. The molecule has 6 aromatic carbocycles. The number of anilines is 3. The number of halogens is 2. The number of benzene rings is 6. The highest BCUT2D eigenvalue weighted by Crippen LogP contribution is 2.49. The van der Waals surface area contributed by atoms with E-state index in [0.29, 0.717) is 137 Å². The first-order valence-electron chi connectivity index (χ1n) is 36.6. The predicted octanol–water partition coefficient (Wildman–Crippen LogP) is 17.2. The molecule has 9 heterocycles. The number of alkyl halides is 2. The van der Waals surface area contributed by atoms with Gasteiger partial charge in [-0.2, -0.15) is 22.7 Å². The van der Waals surface area contributed by atoms with Gasteiger partial charge in [0.15, 0.2) is 35.5 Å². The maximum atomic E-state index is 14.6. The molecule has 558 valence electrons. The van der Waals surface area contributed by atoms with E-state index in [0.717, 1.165) is 87.3 Å². The second-order valence-electron chi connectivity index (χ2n) is 27.6. The van der Waals surface area contributed by atoms with Gasteiger partial charge in [0.05, 0.1) is 73.4 Å². The third-order valence-electron chi connectivity index (χ3n) is 21.1. The van der Waals surface area contributed by atoms with Gasteiger partial charge in [-0.3, -0.25) is 24.2 Å². The maximum Gasteiger partial charge on any atom is 0.416 e. The SMILES string of the molecule is C=CCOC(=O)N1c2cc(OCCCCCC(=O)N3C[C@@H](CCl)c4c3cc(O)c3ccccc43)c(OC)cc2C(=O)N2CC=C(c3ccsc3)C[C@H]2C1OC1CCCCO1.COc1cc2c(cc1OCCCCCC(=O)N1C[C@@H](CCl)c3c1cc(O)c1ccccc31)N=C[C@@H]1CC(c3ccsc3)=CCN1C2=O. The zero-order chi connectivity index (χ0) is 74.2. The van der Waals surface area contributed by atoms with Crippen molar-refractivity contribution in [1.29, 1.82) is 0 Å². The highest BCUT2D eigenvalue weighted by molar-refractivity contribution is 7.08. The van der Waals surface area contributed by atoms with Gasteiger partial charge in [0.1, 0.15) is 18.1 Å². The molecule has 107 heavy (non-hydrogen) atoms. The van der Waals surface area contributed by atoms with Crippen molar-refractivity contribution in [3.05, 3.63) is 177 Å². The Morgan fingerprint density at radius 2 is 1.20 bits per heavy atom. The lowest BCUT2D eigenvalue weighted by Crippen LogP contribution is -2.57. The fourth-order valence-electron chi connectivity index (χ4n) is 15.7. The number of ether oxygens (including phenoxy) is 7. The average molecular weight is 1530 g/mol. The van der Waals surface area contributed by atoms with Gasteiger partial charge in [0.2, 0.25) is 11.8 Å². The summed E-state index contributed by atoms with van der Waals surface area (Å²) < 4.78 is 42.3. The first-order chi connectivity index (χ1) is 52.3. The predicted molar refractivity (Wildman–Crippen MR) is 421 cm³/mol. The number of hydrogen-bond donors (Lipinski definition) is 2. The zero-order valence-corrected chi connectivity index (χ0v) is 63.0. The third kappa shape index (κ3) is 15.6. The van der Waals surface area contributed by atoms with Crippen LogP contribution < -0.4 is 33.6 Å². The summed E-state index contributed by atoms with van der Waals surface area (Å²) >= 11 is 16.0. The molecule has 1 fully saturated rings. The topological polar surface area (TPSA) is 219 Å². The fraction of sp³-hybridized carbons (Fsp3) is 0.373. The lowest BCUT2D eigenvalue weighted by Gasteiger charge is -2.42. The van der Waals surface area contributed by atoms with Crippen LogP contribution in [0.3, 0.4) is 0 Å². The molecule has 1 saturated heterocycles. The number of hydrogen-bond acceptors (Lipinski definition) is 17. The molecule has 5 amide bonds. The highest BCUT2D eigenvalue weighted by Gasteiger charge is 2.48. The number of nitrogens with zero attached hydrogens (tertiary/aromatic N) is 6. The summed E-state index contributed by atoms with van der Waals surface area (Å²) in [5, 5.41) is 33.1. The molecule has 0 saturated carbocycles. The lowest BCUT2D eigenvalue weighted by molar-refractivity contribution is -0.196. The Morgan fingerprint density at radius 1 is 0.645 bits per heavy atom. The molecule has 0 spiro atoms. The van der Waals surface area contributed by atoms with Gasteiger partial charge >= 0.3 is 6.09 Å². The van der Waals surface area contributed by atoms with E-state index in [9.17, 15) is 34.2 Å². The van der Waals surface area contributed by atoms with Crippen molar-refractivity contribution in [2.75, 3.05) is 93.3 Å². The van der Waals surface area contributed by atoms with Gasteiger partial charge in [-0.1, -0.05) is 73.3 Å². The molecule has 24 heteroatoms. The molecular weight excluding hydrogens is 1440 g/mol. The molecule has 7 aliphatic heterocycles. The van der Waals surface area contributed by atoms with Crippen LogP contribution in [0.4, 0.5) is 27.5 Å². The Balaban J connectivity index is 0.000000185. The Bertz CT molecular complexity index is 4730. The second kappa shape index (κ2) is 33.8. The van der Waals surface area contributed by atoms with Crippen LogP contribution in [0.5, 0.6) is 34.5 Å². The summed E-state index contributed by atoms with van der Waals surface area (Å²) in [6.45, 7) is 6.78. The van der Waals surface area contributed by atoms with E-state index in [-0.39, 0.29) is 77.5 Å². The van der Waals surface area contributed by atoms with Crippen LogP contribution >= 0.6 is 45.9 Å². The van der Waals surface area contributed by atoms with Gasteiger partial charge in [-0.25, -0.2) is 9.69 Å². The van der Waals surface area contributed by atoms with Crippen molar-refractivity contribution in [2.24, 2.45) is 4.99 Å². The highest BCUT2D eigenvalue weighted by atomic mass is 35.5. The second-order valence-corrected chi connectivity index (χ2v) is 29.8. The summed E-state index contributed by atoms with van der Waals surface area (Å²) in [5.74, 6) is 2.45. The first-order valence-corrected chi connectivity index (χ1v) is 39.6. The van der Waals surface area contributed by atoms with E-state index in [1.807, 2.05) is 65.0 Å². The summed E-state index contributed by atoms with van der Waals surface area (Å²) in [6, 6.07) is 29.0. The minimum absolute atomic E-state index is 0.0200. The summed E-state index contributed by atoms with van der Waals surface area (Å²) in [5.41, 5.74) is 9.68. The quantitative estimate of drug-likeness (QED) is 0.0327. The molecule has 20 nitrogen and oxygen atoms in total. The number of rotatable bonds is 24. The Hall–Kier alpha value is -9.42. The monoisotopic (exact) mass is 1520 g/mol. The van der Waals surface area contributed by atoms with Gasteiger partial charge < -0.3 is 63.0 Å². The summed E-state index contributed by atoms with van der Waals surface area (Å²) in [6.07, 6.45) is 13.9. The molecule has 0 bridgehead atoms. The van der Waals surface area contributed by atoms with E-state index in [1.54, 1.807) is 80.9 Å². The normalized spacial score (nSPS) is 19.9. The molecule has 2 aromatic heterocycles. The number of amides is 5. The fourth-order valence-corrected chi connectivity index (χ4v) is 17.5. The zero-order valence-electron chi connectivity index (χ0n) is 59.8. The van der Waals surface area contributed by atoms with Crippen LogP contribution in [0.1, 0.15) is 138 Å². The van der Waals surface area contributed by atoms with Crippen LogP contribution in [0.2, 0.25) is 0 Å². The molecular formula is C83H86Cl2N6O14S2. The average Bonchev–Trinajstić information content (AvgIpc) is 1.54. The molecule has 2 N–H and O–H groups in total. The molecule has 6 atom stereocenters. The van der Waals surface area contributed by atoms with Crippen molar-refractivity contribution in [1.82, 2.24) is 9.80 Å². The summed E-state index contributed by atoms with van der Waals surface area (Å²) in [4.78, 5) is 82.6. The van der Waals surface area contributed by atoms with Crippen LogP contribution in [-0.2, 0) is 23.8 Å². The Labute approximate surface area is 639 Å². The van der Waals surface area contributed by atoms with E-state index < -0.39 is 24.7 Å². The lowest BCUT2D eigenvalue weighted by atomic mass is 9.94. The van der Waals surface area contributed by atoms with E-state index in [1.165, 1.54) is 29.2 Å². The number of unbranched alkanes of at least 4 members (excludes halogenated alkanes) is 4. The first kappa shape index (κ1) is 74.4. The van der Waals surface area contributed by atoms with Crippen LogP contribution in [0.15, 0.2) is 148 Å². The minimum atomic E-state index is -0.957. The van der Waals surface area contributed by atoms with Crippen molar-refractivity contribution in [2.45, 2.75) is 120 Å². The van der Waals surface area contributed by atoms with E-state index in [4.69, 9.17) is 61.4 Å². The van der Waals surface area contributed by atoms with Crippen molar-refractivity contribution in [3.63, 3.8) is 0 Å². The molecule has 0 aliphatic carbocycles. The number of carbonyl (C=O) groups excluding carboxylic acids is 5. The standard InChI is InChI=1S/C46H50ClN3O9S.C37H36ClN3O5S/c1-3-18-58-46(54)50-35-25-40(56-19-9-4-5-13-41(52)49-27-31(26-47)43-33-12-7-6-11-32(33)38(51)24-36(43)49)39(55-2)23-34(35)44(53)48-17-15-29(30-16-21-60-28-30)22-37(48)45(50)59-42-14-8-10-20-57-42;1-45-33-16-29-30(39-20-26-15-23(24-11-14-47-22-24)10-12-40(26)37(29)44)17-34(33)46-13-6-2-3-9-35(43)41-21-25(19-38)36-28-8-5-4-7-27(28)32(42)18-31(36)41/h3,6-7,11-12,15-16,21,23-25,28,31,37,42,45,51H,1,4-5,8-10,13-14,17-20,22,26-27H2,2H3;4-5,7-8,10-11,14,16-18,20,22,25-26,42H,2-3,6,9,12-13,15,19,21H2,1H3/t31-,37+,42?,45?;25-,26+/m11/s1. The number of methoxy groups -OCH3 is 2. The van der Waals surface area contributed by atoms with E-state index in [2.05, 4.69) is 47.0 Å². The number of aromatic hydroxyl groups is 2. The molecule has 7 aliphatic rings. The van der Waals surface area contributed by atoms with Crippen molar-refractivity contribution >= 4 is 137 Å². The van der Waals surface area contributed by atoms with Crippen molar-refractivity contribution in [3.8, 4) is 34.5 Å². The number of fused-ring (bicyclic) bond motifs is 10. The number of aliphatic imine (C=N–C) groups is 1. The maximum absolute atomic E-state index is 14.6. The largest absolute Gasteiger partial charge is 0.507 e. The number of carbonyl (C=O) groups is 5. The van der Waals surface area contributed by atoms with Gasteiger partial charge in [0, 0.05) is 110 Å². The van der Waals surface area contributed by atoms with Crippen molar-refractivity contribution < 1.29 is 67.3 Å². The number of thiophene rings is 2. The third-order valence-corrected chi connectivity index (χ3v) is 23.2. The van der Waals surface area contributed by atoms with Gasteiger partial charge in [-0.05, 0) is 161 Å². The van der Waals surface area contributed by atoms with Crippen LogP contribution in [-0.4, -0.2) is 159 Å². The van der Waals surface area contributed by atoms with Crippen LogP contribution in [0.25, 0.3) is 32.7 Å². The smallest absolute Gasteiger partial charge is 0.416 e. The number of phenols is 2. The molecule has 15 rings (SSSR count).